The van der Waals surface area contributed by atoms with E-state index in [1.165, 1.54) is 10.6 Å². The molecule has 0 aliphatic rings. The van der Waals surface area contributed by atoms with Crippen molar-refractivity contribution in [2.75, 3.05) is 11.1 Å². The number of rotatable bonds is 7. The molecule has 9 nitrogen and oxygen atoms in total. The normalized spacial score (nSPS) is 12.1. The number of nitrogens with one attached hydrogen (secondary N) is 2. The SMILES string of the molecule is CC[C@@H](C)NC(=O)c1ccc2c(=O)n(C)c3nnc(SCC(=O)Nc4ccc(C)c(F)c4)n3c2c1. The Morgan fingerprint density at radius 2 is 1.94 bits per heavy atom. The van der Waals surface area contributed by atoms with Crippen molar-refractivity contribution in [1.29, 1.82) is 0 Å². The molecule has 1 atom stereocenters. The summed E-state index contributed by atoms with van der Waals surface area (Å²) in [5.74, 6) is -0.737. The van der Waals surface area contributed by atoms with Crippen molar-refractivity contribution in [1.82, 2.24) is 24.5 Å². The fourth-order valence-corrected chi connectivity index (χ4v) is 4.24. The zero-order valence-electron chi connectivity index (χ0n) is 19.8. The molecule has 0 aliphatic carbocycles. The average molecular weight is 497 g/mol. The van der Waals surface area contributed by atoms with Crippen LogP contribution < -0.4 is 16.2 Å². The van der Waals surface area contributed by atoms with Crippen molar-refractivity contribution in [2.24, 2.45) is 7.05 Å². The van der Waals surface area contributed by atoms with Gasteiger partial charge in [0.1, 0.15) is 5.82 Å². The topological polar surface area (TPSA) is 110 Å². The van der Waals surface area contributed by atoms with Gasteiger partial charge in [-0.1, -0.05) is 24.8 Å². The van der Waals surface area contributed by atoms with Crippen molar-refractivity contribution in [2.45, 2.75) is 38.4 Å². The fraction of sp³-hybridized carbons (Fsp3) is 0.292. The van der Waals surface area contributed by atoms with Crippen LogP contribution >= 0.6 is 11.8 Å². The number of halogens is 1. The molecule has 0 fully saturated rings. The molecule has 0 bridgehead atoms. The Labute approximate surface area is 204 Å². The third-order valence-electron chi connectivity index (χ3n) is 5.73. The summed E-state index contributed by atoms with van der Waals surface area (Å²) in [5, 5.41) is 14.6. The molecule has 4 aromatic rings. The van der Waals surface area contributed by atoms with Gasteiger partial charge in [-0.3, -0.25) is 23.4 Å². The lowest BCUT2D eigenvalue weighted by atomic mass is 10.1. The van der Waals surface area contributed by atoms with E-state index in [4.69, 9.17) is 0 Å². The van der Waals surface area contributed by atoms with Gasteiger partial charge in [0, 0.05) is 24.3 Å². The smallest absolute Gasteiger partial charge is 0.262 e. The van der Waals surface area contributed by atoms with Crippen LogP contribution in [0.3, 0.4) is 0 Å². The van der Waals surface area contributed by atoms with Crippen molar-refractivity contribution in [3.63, 3.8) is 0 Å². The second-order valence-electron chi connectivity index (χ2n) is 8.30. The van der Waals surface area contributed by atoms with Gasteiger partial charge in [0.25, 0.3) is 11.5 Å². The Hall–Kier alpha value is -3.73. The van der Waals surface area contributed by atoms with E-state index in [2.05, 4.69) is 20.8 Å². The van der Waals surface area contributed by atoms with Crippen LogP contribution in [0.2, 0.25) is 0 Å². The van der Waals surface area contributed by atoms with Gasteiger partial charge in [-0.25, -0.2) is 4.39 Å². The fourth-order valence-electron chi connectivity index (χ4n) is 3.50. The minimum Gasteiger partial charge on any atom is -0.350 e. The highest BCUT2D eigenvalue weighted by Gasteiger charge is 2.18. The highest BCUT2D eigenvalue weighted by atomic mass is 32.2. The first-order valence-corrected chi connectivity index (χ1v) is 12.1. The Balaban J connectivity index is 1.66. The molecule has 11 heteroatoms. The zero-order valence-corrected chi connectivity index (χ0v) is 20.6. The monoisotopic (exact) mass is 496 g/mol. The summed E-state index contributed by atoms with van der Waals surface area (Å²) in [4.78, 5) is 38.0. The lowest BCUT2D eigenvalue weighted by Gasteiger charge is -2.13. The molecule has 0 saturated carbocycles. The molecular formula is C24H25FN6O3S. The predicted octanol–water partition coefficient (Wildman–Crippen LogP) is 3.29. The van der Waals surface area contributed by atoms with Gasteiger partial charge in [0.05, 0.1) is 16.7 Å². The Morgan fingerprint density at radius 1 is 1.17 bits per heavy atom. The standard InChI is InChI=1S/C24H25FN6O3S/c1-5-14(3)26-21(33)15-7-9-17-19(10-15)31-23(30(4)22(17)34)28-29-24(31)35-12-20(32)27-16-8-6-13(2)18(25)11-16/h6-11,14H,5,12H2,1-4H3,(H,26,33)(H,27,32)/t14-/m1/s1. The predicted molar refractivity (Wildman–Crippen MR) is 133 cm³/mol. The van der Waals surface area contributed by atoms with Crippen molar-refractivity contribution in [3.8, 4) is 0 Å². The first kappa shape index (κ1) is 24.4. The van der Waals surface area contributed by atoms with E-state index in [-0.39, 0.29) is 34.9 Å². The number of hydrogen-bond donors (Lipinski definition) is 2. The summed E-state index contributed by atoms with van der Waals surface area (Å²) in [5.41, 5.74) is 1.44. The molecule has 4 rings (SSSR count). The molecular weight excluding hydrogens is 471 g/mol. The van der Waals surface area contributed by atoms with Gasteiger partial charge in [0.15, 0.2) is 5.16 Å². The largest absolute Gasteiger partial charge is 0.350 e. The van der Waals surface area contributed by atoms with Crippen molar-refractivity contribution < 1.29 is 14.0 Å². The number of hydrogen-bond acceptors (Lipinski definition) is 6. The highest BCUT2D eigenvalue weighted by molar-refractivity contribution is 7.99. The van der Waals surface area contributed by atoms with Crippen LogP contribution in [0.4, 0.5) is 10.1 Å². The number of carbonyl (C=O) groups excluding carboxylic acids is 2. The number of amides is 2. The summed E-state index contributed by atoms with van der Waals surface area (Å²) in [7, 11) is 1.59. The van der Waals surface area contributed by atoms with Crippen LogP contribution in [0.5, 0.6) is 0 Å². The molecule has 2 heterocycles. The van der Waals surface area contributed by atoms with Gasteiger partial charge in [-0.05, 0) is 56.2 Å². The van der Waals surface area contributed by atoms with E-state index < -0.39 is 5.82 Å². The number of fused-ring (bicyclic) bond motifs is 3. The average Bonchev–Trinajstić information content (AvgIpc) is 3.27. The summed E-state index contributed by atoms with van der Waals surface area (Å²) in [6, 6.07) is 9.33. The number of thioether (sulfide) groups is 1. The van der Waals surface area contributed by atoms with Crippen molar-refractivity contribution in [3.05, 3.63) is 63.7 Å². The van der Waals surface area contributed by atoms with Crippen LogP contribution in [0.1, 0.15) is 36.2 Å². The molecule has 2 aromatic carbocycles. The Kier molecular flexibility index (Phi) is 6.88. The van der Waals surface area contributed by atoms with Crippen LogP contribution in [-0.4, -0.2) is 42.8 Å². The molecule has 0 unspecified atom stereocenters. The van der Waals surface area contributed by atoms with E-state index in [0.29, 0.717) is 32.9 Å². The number of nitrogens with zero attached hydrogens (tertiary/aromatic N) is 4. The molecule has 0 spiro atoms. The molecule has 35 heavy (non-hydrogen) atoms. The van der Waals surface area contributed by atoms with E-state index in [9.17, 15) is 18.8 Å². The minimum atomic E-state index is -0.403. The van der Waals surface area contributed by atoms with E-state index >= 15 is 0 Å². The summed E-state index contributed by atoms with van der Waals surface area (Å²) in [6.45, 7) is 5.53. The molecule has 0 radical (unpaired) electrons. The van der Waals surface area contributed by atoms with E-state index in [1.807, 2.05) is 13.8 Å². The quantitative estimate of drug-likeness (QED) is 0.380. The molecule has 2 amide bonds. The van der Waals surface area contributed by atoms with Crippen LogP contribution in [0.15, 0.2) is 46.3 Å². The van der Waals surface area contributed by atoms with Crippen LogP contribution in [0.25, 0.3) is 16.7 Å². The van der Waals surface area contributed by atoms with E-state index in [1.54, 1.807) is 48.7 Å². The Morgan fingerprint density at radius 3 is 2.66 bits per heavy atom. The first-order chi connectivity index (χ1) is 16.7. The van der Waals surface area contributed by atoms with E-state index in [0.717, 1.165) is 18.2 Å². The lowest BCUT2D eigenvalue weighted by Crippen LogP contribution is -2.32. The third-order valence-corrected chi connectivity index (χ3v) is 6.66. The molecule has 182 valence electrons. The van der Waals surface area contributed by atoms with Crippen LogP contribution in [-0.2, 0) is 11.8 Å². The summed E-state index contributed by atoms with van der Waals surface area (Å²) < 4.78 is 16.8. The van der Waals surface area contributed by atoms with Gasteiger partial charge >= 0.3 is 0 Å². The lowest BCUT2D eigenvalue weighted by molar-refractivity contribution is -0.113. The summed E-state index contributed by atoms with van der Waals surface area (Å²) in [6.07, 6.45) is 0.785. The molecule has 0 aliphatic heterocycles. The Bertz CT molecular complexity index is 1510. The highest BCUT2D eigenvalue weighted by Crippen LogP contribution is 2.23. The molecule has 2 N–H and O–H groups in total. The minimum absolute atomic E-state index is 0.00315. The van der Waals surface area contributed by atoms with Gasteiger partial charge in [-0.15, -0.1) is 10.2 Å². The second kappa shape index (κ2) is 9.87. The molecule has 2 aromatic heterocycles. The second-order valence-corrected chi connectivity index (χ2v) is 9.24. The number of aryl methyl sites for hydroxylation is 2. The zero-order chi connectivity index (χ0) is 25.3. The maximum atomic E-state index is 13.8. The van der Waals surface area contributed by atoms with Gasteiger partial charge in [0.2, 0.25) is 11.7 Å². The maximum Gasteiger partial charge on any atom is 0.262 e. The number of benzene rings is 2. The number of aromatic nitrogens is 4. The first-order valence-electron chi connectivity index (χ1n) is 11.1. The van der Waals surface area contributed by atoms with Crippen molar-refractivity contribution >= 4 is 45.9 Å². The summed E-state index contributed by atoms with van der Waals surface area (Å²) >= 11 is 1.12. The maximum absolute atomic E-state index is 13.8. The van der Waals surface area contributed by atoms with Gasteiger partial charge in [-0.2, -0.15) is 0 Å². The van der Waals surface area contributed by atoms with Crippen LogP contribution in [0, 0.1) is 12.7 Å². The van der Waals surface area contributed by atoms with Gasteiger partial charge < -0.3 is 10.6 Å². The molecule has 0 saturated heterocycles. The number of carbonyl (C=O) groups is 2. The third kappa shape index (κ3) is 4.90. The number of anilines is 1.